The average Bonchev–Trinajstić information content (AvgIpc) is 2.97. The number of carbonyl (C=O) groups is 3. The number of carbonyl (C=O) groups excluding carboxylic acids is 3. The molecule has 1 aliphatic heterocycles. The van der Waals surface area contributed by atoms with E-state index in [9.17, 15) is 36.0 Å². The zero-order chi connectivity index (χ0) is 24.8. The summed E-state index contributed by atoms with van der Waals surface area (Å²) in [6.45, 7) is 5.17. The number of hydrogen-bond acceptors (Lipinski definition) is 7. The van der Waals surface area contributed by atoms with Crippen molar-refractivity contribution in [1.29, 1.82) is 0 Å². The van der Waals surface area contributed by atoms with Gasteiger partial charge in [-0.25, -0.2) is 0 Å². The highest BCUT2D eigenvalue weighted by Gasteiger charge is 2.42. The lowest BCUT2D eigenvalue weighted by Gasteiger charge is -2.20. The zero-order valence-electron chi connectivity index (χ0n) is 17.6. The molecule has 0 radical (unpaired) electrons. The standard InChI is InChI=1S/C21H18F3NO7S/c1-4-20(2,3)19(28)31-13-6-8-14(9-7-13)33(29,30)32-25-17(26)15-10-5-12(21(22,23)24)11-16(15)18(25)27/h5-11H,4H2,1-3H3. The van der Waals surface area contributed by atoms with Gasteiger partial charge in [0.25, 0.3) is 11.8 Å². The first kappa shape index (κ1) is 24.4. The smallest absolute Gasteiger partial charge is 0.416 e. The number of benzene rings is 2. The van der Waals surface area contributed by atoms with E-state index in [0.29, 0.717) is 18.6 Å². The molecule has 0 saturated carbocycles. The first-order chi connectivity index (χ1) is 15.2. The molecule has 3 rings (SSSR count). The van der Waals surface area contributed by atoms with Crippen LogP contribution in [0.1, 0.15) is 53.5 Å². The molecule has 0 N–H and O–H groups in total. The van der Waals surface area contributed by atoms with Gasteiger partial charge < -0.3 is 4.74 Å². The van der Waals surface area contributed by atoms with Gasteiger partial charge in [-0.05, 0) is 62.7 Å². The van der Waals surface area contributed by atoms with Crippen LogP contribution in [0, 0.1) is 5.41 Å². The fourth-order valence-corrected chi connectivity index (χ4v) is 3.55. The number of alkyl halides is 3. The molecule has 0 bridgehead atoms. The molecule has 0 unspecified atom stereocenters. The second-order valence-electron chi connectivity index (χ2n) is 7.79. The minimum atomic E-state index is -4.77. The summed E-state index contributed by atoms with van der Waals surface area (Å²) in [6.07, 6.45) is -4.26. The summed E-state index contributed by atoms with van der Waals surface area (Å²) >= 11 is 0. The Morgan fingerprint density at radius 2 is 1.55 bits per heavy atom. The summed E-state index contributed by atoms with van der Waals surface area (Å²) < 4.78 is 73.6. The van der Waals surface area contributed by atoms with Gasteiger partial charge in [0.15, 0.2) is 0 Å². The van der Waals surface area contributed by atoms with Crippen molar-refractivity contribution >= 4 is 27.9 Å². The first-order valence-electron chi connectivity index (χ1n) is 9.54. The third-order valence-electron chi connectivity index (χ3n) is 5.11. The number of fused-ring (bicyclic) bond motifs is 1. The van der Waals surface area contributed by atoms with Gasteiger partial charge in [0.2, 0.25) is 0 Å². The minimum Gasteiger partial charge on any atom is -0.426 e. The lowest BCUT2D eigenvalue weighted by atomic mass is 9.91. The van der Waals surface area contributed by atoms with Gasteiger partial charge in [-0.15, -0.1) is 9.35 Å². The topological polar surface area (TPSA) is 107 Å². The largest absolute Gasteiger partial charge is 0.426 e. The molecular formula is C21H18F3NO7S. The van der Waals surface area contributed by atoms with Gasteiger partial charge >= 0.3 is 22.3 Å². The second-order valence-corrected chi connectivity index (χ2v) is 9.32. The van der Waals surface area contributed by atoms with Crippen LogP contribution >= 0.6 is 0 Å². The number of imide groups is 1. The van der Waals surface area contributed by atoms with Crippen LogP contribution in [-0.2, 0) is 25.4 Å². The van der Waals surface area contributed by atoms with Gasteiger partial charge in [0.1, 0.15) is 5.75 Å². The number of hydrogen-bond donors (Lipinski definition) is 0. The van der Waals surface area contributed by atoms with Gasteiger partial charge in [-0.2, -0.15) is 21.6 Å². The van der Waals surface area contributed by atoms with Gasteiger partial charge in [0.05, 0.1) is 27.0 Å². The van der Waals surface area contributed by atoms with E-state index in [2.05, 4.69) is 4.28 Å². The van der Waals surface area contributed by atoms with Crippen LogP contribution in [-0.4, -0.2) is 31.3 Å². The summed E-state index contributed by atoms with van der Waals surface area (Å²) in [4.78, 5) is 36.4. The van der Waals surface area contributed by atoms with E-state index in [-0.39, 0.29) is 10.8 Å². The van der Waals surface area contributed by atoms with E-state index in [1.165, 1.54) is 12.1 Å². The maximum Gasteiger partial charge on any atom is 0.416 e. The fourth-order valence-electron chi connectivity index (χ4n) is 2.67. The van der Waals surface area contributed by atoms with Crippen LogP contribution in [0.3, 0.4) is 0 Å². The Morgan fingerprint density at radius 1 is 0.970 bits per heavy atom. The molecule has 0 spiro atoms. The summed E-state index contributed by atoms with van der Waals surface area (Å²) in [7, 11) is -4.72. The Hall–Kier alpha value is -3.25. The number of halogens is 3. The fraction of sp³-hybridized carbons (Fsp3) is 0.286. The highest BCUT2D eigenvalue weighted by atomic mass is 32.2. The molecule has 0 atom stereocenters. The number of esters is 1. The lowest BCUT2D eigenvalue weighted by Crippen LogP contribution is -2.32. The number of amides is 2. The van der Waals surface area contributed by atoms with Crippen molar-refractivity contribution in [2.45, 2.75) is 38.3 Å². The molecule has 0 aromatic heterocycles. The van der Waals surface area contributed by atoms with Crippen LogP contribution in [0.2, 0.25) is 0 Å². The third-order valence-corrected chi connectivity index (χ3v) is 6.30. The molecule has 176 valence electrons. The van der Waals surface area contributed by atoms with E-state index >= 15 is 0 Å². The van der Waals surface area contributed by atoms with E-state index in [4.69, 9.17) is 4.74 Å². The molecule has 2 aromatic rings. The molecule has 8 nitrogen and oxygen atoms in total. The summed E-state index contributed by atoms with van der Waals surface area (Å²) in [6, 6.07) is 6.23. The van der Waals surface area contributed by atoms with Crippen molar-refractivity contribution in [3.05, 3.63) is 59.2 Å². The maximum absolute atomic E-state index is 12.9. The molecule has 2 aromatic carbocycles. The van der Waals surface area contributed by atoms with Crippen molar-refractivity contribution in [3.63, 3.8) is 0 Å². The minimum absolute atomic E-state index is 0.0564. The number of ether oxygens (including phenoxy) is 1. The van der Waals surface area contributed by atoms with E-state index in [1.54, 1.807) is 20.8 Å². The van der Waals surface area contributed by atoms with Crippen LogP contribution in [0.5, 0.6) is 5.75 Å². The predicted molar refractivity (Wildman–Crippen MR) is 106 cm³/mol. The Morgan fingerprint density at radius 3 is 2.09 bits per heavy atom. The van der Waals surface area contributed by atoms with Crippen LogP contribution < -0.4 is 4.74 Å². The quantitative estimate of drug-likeness (QED) is 0.346. The lowest BCUT2D eigenvalue weighted by molar-refractivity contribution is -0.144. The predicted octanol–water partition coefficient (Wildman–Crippen LogP) is 3.96. The highest BCUT2D eigenvalue weighted by molar-refractivity contribution is 7.86. The summed E-state index contributed by atoms with van der Waals surface area (Å²) in [5, 5.41) is -0.113. The van der Waals surface area contributed by atoms with Crippen molar-refractivity contribution in [2.75, 3.05) is 0 Å². The summed E-state index contributed by atoms with van der Waals surface area (Å²) in [5.74, 6) is -3.04. The van der Waals surface area contributed by atoms with Crippen LogP contribution in [0.15, 0.2) is 47.4 Å². The molecule has 33 heavy (non-hydrogen) atoms. The first-order valence-corrected chi connectivity index (χ1v) is 10.9. The molecule has 12 heteroatoms. The molecule has 0 fully saturated rings. The van der Waals surface area contributed by atoms with E-state index in [1.807, 2.05) is 0 Å². The molecular weight excluding hydrogens is 467 g/mol. The van der Waals surface area contributed by atoms with Gasteiger partial charge in [-0.1, -0.05) is 6.92 Å². The molecule has 0 saturated heterocycles. The van der Waals surface area contributed by atoms with Crippen molar-refractivity contribution < 1.29 is 45.0 Å². The summed E-state index contributed by atoms with van der Waals surface area (Å²) in [5.41, 5.74) is -3.00. The monoisotopic (exact) mass is 485 g/mol. The Bertz CT molecular complexity index is 1240. The molecule has 0 aliphatic carbocycles. The van der Waals surface area contributed by atoms with Gasteiger partial charge in [0, 0.05) is 0 Å². The Balaban J connectivity index is 1.80. The maximum atomic E-state index is 12.9. The number of rotatable bonds is 6. The Labute approximate surface area is 187 Å². The molecule has 1 heterocycles. The van der Waals surface area contributed by atoms with E-state index < -0.39 is 61.1 Å². The molecule has 1 aliphatic rings. The van der Waals surface area contributed by atoms with E-state index in [0.717, 1.165) is 18.2 Å². The van der Waals surface area contributed by atoms with Gasteiger partial charge in [-0.3, -0.25) is 14.4 Å². The average molecular weight is 485 g/mol. The highest BCUT2D eigenvalue weighted by Crippen LogP contribution is 2.34. The number of hydroxylamine groups is 2. The van der Waals surface area contributed by atoms with Crippen molar-refractivity contribution in [3.8, 4) is 5.75 Å². The van der Waals surface area contributed by atoms with Crippen molar-refractivity contribution in [1.82, 2.24) is 5.06 Å². The van der Waals surface area contributed by atoms with Crippen molar-refractivity contribution in [2.24, 2.45) is 5.41 Å². The SMILES string of the molecule is CCC(C)(C)C(=O)Oc1ccc(S(=O)(=O)ON2C(=O)c3ccc(C(F)(F)F)cc3C2=O)cc1. The second kappa shape index (κ2) is 8.27. The Kier molecular flexibility index (Phi) is 6.11. The normalized spacial score (nSPS) is 14.4. The van der Waals surface area contributed by atoms with Crippen LogP contribution in [0.4, 0.5) is 13.2 Å². The molecule has 2 amide bonds. The zero-order valence-corrected chi connectivity index (χ0v) is 18.4. The number of nitrogens with zero attached hydrogens (tertiary/aromatic N) is 1. The third kappa shape index (κ3) is 4.76. The van der Waals surface area contributed by atoms with Crippen LogP contribution in [0.25, 0.3) is 0 Å².